The van der Waals surface area contributed by atoms with Crippen molar-refractivity contribution in [2.75, 3.05) is 0 Å². The van der Waals surface area contributed by atoms with Gasteiger partial charge in [-0.3, -0.25) is 0 Å². The zero-order valence-electron chi connectivity index (χ0n) is 27.3. The Labute approximate surface area is 278 Å². The van der Waals surface area contributed by atoms with Gasteiger partial charge in [-0.15, -0.1) is 0 Å². The van der Waals surface area contributed by atoms with E-state index < -0.39 is 0 Å². The van der Waals surface area contributed by atoms with Crippen molar-refractivity contribution >= 4 is 28.0 Å². The molecule has 0 fully saturated rings. The number of rotatable bonds is 3. The van der Waals surface area contributed by atoms with Crippen LogP contribution < -0.4 is 0 Å². The van der Waals surface area contributed by atoms with Gasteiger partial charge in [0.25, 0.3) is 0 Å². The summed E-state index contributed by atoms with van der Waals surface area (Å²) in [6, 6.07) is 45.0. The molecule has 0 heteroatoms. The molecule has 0 unspecified atom stereocenters. The van der Waals surface area contributed by atoms with E-state index in [-0.39, 0.29) is 0 Å². The minimum absolute atomic E-state index is 0.882. The molecule has 3 aliphatic carbocycles. The molecule has 3 aliphatic rings. The van der Waals surface area contributed by atoms with Gasteiger partial charge in [0.1, 0.15) is 0 Å². The second kappa shape index (κ2) is 12.0. The van der Waals surface area contributed by atoms with Crippen molar-refractivity contribution in [1.82, 2.24) is 0 Å². The highest BCUT2D eigenvalue weighted by molar-refractivity contribution is 6.22. The van der Waals surface area contributed by atoms with Crippen molar-refractivity contribution in [2.24, 2.45) is 0 Å². The molecule has 0 saturated heterocycles. The van der Waals surface area contributed by atoms with Gasteiger partial charge in [0.2, 0.25) is 0 Å². The van der Waals surface area contributed by atoms with Crippen LogP contribution in [0.5, 0.6) is 0 Å². The van der Waals surface area contributed by atoms with E-state index >= 15 is 0 Å². The maximum absolute atomic E-state index is 2.48. The monoisotopic (exact) mass is 602 g/mol. The van der Waals surface area contributed by atoms with Crippen molar-refractivity contribution < 1.29 is 0 Å². The molecule has 0 atom stereocenters. The first-order chi connectivity index (χ1) is 23.3. The van der Waals surface area contributed by atoms with Gasteiger partial charge in [0, 0.05) is 0 Å². The summed E-state index contributed by atoms with van der Waals surface area (Å²) in [5.41, 5.74) is 19.9. The first kappa shape index (κ1) is 29.0. The van der Waals surface area contributed by atoms with Crippen LogP contribution in [0.1, 0.15) is 60.6 Å². The van der Waals surface area contributed by atoms with Gasteiger partial charge in [-0.25, -0.2) is 0 Å². The van der Waals surface area contributed by atoms with E-state index in [2.05, 4.69) is 159 Å². The molecule has 0 aliphatic heterocycles. The molecular weight excluding hydrogens is 565 g/mol. The third-order valence-electron chi connectivity index (χ3n) is 9.77. The zero-order chi connectivity index (χ0) is 31.9. The maximum atomic E-state index is 2.48. The third kappa shape index (κ3) is 4.75. The summed E-state index contributed by atoms with van der Waals surface area (Å²) in [6.07, 6.45) is 13.6. The van der Waals surface area contributed by atoms with Crippen LogP contribution in [0.4, 0.5) is 0 Å². The van der Waals surface area contributed by atoms with Gasteiger partial charge < -0.3 is 0 Å². The molecule has 0 N–H and O–H groups in total. The fourth-order valence-corrected chi connectivity index (χ4v) is 7.73. The van der Waals surface area contributed by atoms with Crippen molar-refractivity contribution in [3.8, 4) is 33.4 Å². The van der Waals surface area contributed by atoms with Crippen LogP contribution in [0.25, 0.3) is 61.4 Å². The average Bonchev–Trinajstić information content (AvgIpc) is 3.23. The number of allylic oxidation sites excluding steroid dienone is 5. The SMILES string of the molecule is CC.CC1=CCc2ccc(C3=CCC=C4c5c3cccc5-c3c4c(-c4ccccc4)c4ccccc4c3-c3ccccc3)cc2C=C1. The lowest BCUT2D eigenvalue weighted by Gasteiger charge is -2.20. The Morgan fingerprint density at radius 2 is 1.06 bits per heavy atom. The predicted octanol–water partition coefficient (Wildman–Crippen LogP) is 13.0. The molecule has 9 rings (SSSR count). The number of hydrogen-bond donors (Lipinski definition) is 0. The van der Waals surface area contributed by atoms with Crippen molar-refractivity contribution in [2.45, 2.75) is 33.6 Å². The van der Waals surface area contributed by atoms with Gasteiger partial charge in [-0.05, 0) is 115 Å². The van der Waals surface area contributed by atoms with Gasteiger partial charge in [0.15, 0.2) is 0 Å². The summed E-state index contributed by atoms with van der Waals surface area (Å²) in [4.78, 5) is 0. The molecule has 0 heterocycles. The highest BCUT2D eigenvalue weighted by Gasteiger charge is 2.34. The van der Waals surface area contributed by atoms with E-state index in [1.807, 2.05) is 13.8 Å². The maximum Gasteiger partial charge on any atom is -0.000753 e. The predicted molar refractivity (Wildman–Crippen MR) is 203 cm³/mol. The van der Waals surface area contributed by atoms with E-state index in [0.717, 1.165) is 12.8 Å². The summed E-state index contributed by atoms with van der Waals surface area (Å²) in [7, 11) is 0. The van der Waals surface area contributed by atoms with Gasteiger partial charge >= 0.3 is 0 Å². The molecule has 0 aromatic heterocycles. The molecule has 0 radical (unpaired) electrons. The first-order valence-electron chi connectivity index (χ1n) is 17.0. The Morgan fingerprint density at radius 1 is 0.447 bits per heavy atom. The lowest BCUT2D eigenvalue weighted by Crippen LogP contribution is -1.95. The molecular formula is C47H38. The largest absolute Gasteiger partial charge is 0.0772 e. The highest BCUT2D eigenvalue weighted by atomic mass is 14.4. The lowest BCUT2D eigenvalue weighted by molar-refractivity contribution is 1.24. The van der Waals surface area contributed by atoms with Crippen LogP contribution >= 0.6 is 0 Å². The standard InChI is InChI=1S/C45H32.C2H6/c1-29-22-24-30-26-27-34(28-33(30)25-23-29)35-18-10-20-39-43-36(35)19-11-21-40(43)45-42(32-14-6-3-7-15-32)38-17-9-8-16-37(38)41(44(39)45)31-12-4-2-5-13-31;1-2/h2-9,11-23,25-28H,10,24H2,1H3;1-2H3. The highest BCUT2D eigenvalue weighted by Crippen LogP contribution is 2.58. The Hall–Kier alpha value is -5.46. The van der Waals surface area contributed by atoms with Crippen molar-refractivity contribution in [1.29, 1.82) is 0 Å². The van der Waals surface area contributed by atoms with Gasteiger partial charge in [0.05, 0.1) is 0 Å². The van der Waals surface area contributed by atoms with Crippen molar-refractivity contribution in [3.63, 3.8) is 0 Å². The number of fused-ring (bicyclic) bond motifs is 5. The smallest absolute Gasteiger partial charge is 0.000753 e. The zero-order valence-corrected chi connectivity index (χ0v) is 27.3. The minimum Gasteiger partial charge on any atom is -0.0772 e. The van der Waals surface area contributed by atoms with E-state index in [9.17, 15) is 0 Å². The minimum atomic E-state index is 0.882. The fourth-order valence-electron chi connectivity index (χ4n) is 7.73. The fraction of sp³-hybridized carbons (Fsp3) is 0.106. The summed E-state index contributed by atoms with van der Waals surface area (Å²) >= 11 is 0. The Morgan fingerprint density at radius 3 is 1.77 bits per heavy atom. The van der Waals surface area contributed by atoms with Gasteiger partial charge in [-0.1, -0.05) is 165 Å². The van der Waals surface area contributed by atoms with Crippen LogP contribution in [-0.4, -0.2) is 0 Å². The molecule has 226 valence electrons. The van der Waals surface area contributed by atoms with Gasteiger partial charge in [-0.2, -0.15) is 0 Å². The summed E-state index contributed by atoms with van der Waals surface area (Å²) < 4.78 is 0. The van der Waals surface area contributed by atoms with Crippen LogP contribution in [0.15, 0.2) is 151 Å². The molecule has 0 saturated carbocycles. The Bertz CT molecular complexity index is 2290. The summed E-state index contributed by atoms with van der Waals surface area (Å²) in [5.74, 6) is 0. The quantitative estimate of drug-likeness (QED) is 0.189. The summed E-state index contributed by atoms with van der Waals surface area (Å²) in [6.45, 7) is 6.19. The normalized spacial score (nSPS) is 14.0. The number of hydrogen-bond acceptors (Lipinski definition) is 0. The molecule has 0 nitrogen and oxygen atoms in total. The lowest BCUT2D eigenvalue weighted by atomic mass is 9.83. The molecule has 6 aromatic rings. The Balaban J connectivity index is 0.00000159. The van der Waals surface area contributed by atoms with E-state index in [0.29, 0.717) is 0 Å². The Kier molecular flexibility index (Phi) is 7.43. The topological polar surface area (TPSA) is 0 Å². The number of benzene rings is 6. The third-order valence-corrected chi connectivity index (χ3v) is 9.77. The van der Waals surface area contributed by atoms with Crippen molar-refractivity contribution in [3.05, 3.63) is 185 Å². The summed E-state index contributed by atoms with van der Waals surface area (Å²) in [5, 5.41) is 2.60. The average molecular weight is 603 g/mol. The van der Waals surface area contributed by atoms with Crippen LogP contribution in [0.2, 0.25) is 0 Å². The van der Waals surface area contributed by atoms with E-state index in [1.165, 1.54) is 94.3 Å². The second-order valence-corrected chi connectivity index (χ2v) is 12.4. The van der Waals surface area contributed by atoms with Crippen LogP contribution in [-0.2, 0) is 6.42 Å². The van der Waals surface area contributed by atoms with E-state index in [1.54, 1.807) is 0 Å². The molecule has 0 amide bonds. The van der Waals surface area contributed by atoms with Crippen LogP contribution in [0.3, 0.4) is 0 Å². The molecule has 6 aromatic carbocycles. The second-order valence-electron chi connectivity index (χ2n) is 12.4. The van der Waals surface area contributed by atoms with E-state index in [4.69, 9.17) is 0 Å². The van der Waals surface area contributed by atoms with Crippen LogP contribution in [0, 0.1) is 0 Å². The first-order valence-corrected chi connectivity index (χ1v) is 17.0. The molecule has 0 spiro atoms. The molecule has 47 heavy (non-hydrogen) atoms. The molecule has 0 bridgehead atoms.